The topological polar surface area (TPSA) is 86.8 Å². The predicted octanol–water partition coefficient (Wildman–Crippen LogP) is 6.79. The Bertz CT molecular complexity index is 1500. The van der Waals surface area contributed by atoms with E-state index in [0.29, 0.717) is 38.4 Å². The van der Waals surface area contributed by atoms with Crippen LogP contribution in [0, 0.1) is 13.8 Å². The largest absolute Gasteiger partial charge is 0.354 e. The molecule has 220 valence electrons. The fourth-order valence-corrected chi connectivity index (χ4v) is 6.23. The molecule has 0 fully saturated rings. The molecule has 0 aromatic heterocycles. The average Bonchev–Trinajstić information content (AvgIpc) is 2.92. The summed E-state index contributed by atoms with van der Waals surface area (Å²) in [7, 11) is -4.18. The first-order valence-corrected chi connectivity index (χ1v) is 15.8. The maximum atomic E-state index is 14.0. The van der Waals surface area contributed by atoms with E-state index in [1.807, 2.05) is 13.8 Å². The van der Waals surface area contributed by atoms with E-state index in [9.17, 15) is 18.0 Å². The molecule has 0 unspecified atom stereocenters. The van der Waals surface area contributed by atoms with Crippen LogP contribution in [-0.2, 0) is 26.2 Å². The third-order valence-corrected chi connectivity index (χ3v) is 9.40. The van der Waals surface area contributed by atoms with Gasteiger partial charge in [-0.2, -0.15) is 0 Å². The second-order valence-electron chi connectivity index (χ2n) is 9.85. The number of rotatable bonds is 12. The number of halogens is 3. The normalized spacial score (nSPS) is 12.1. The smallest absolute Gasteiger partial charge is 0.264 e. The lowest BCUT2D eigenvalue weighted by atomic mass is 10.1. The van der Waals surface area contributed by atoms with Gasteiger partial charge in [0.15, 0.2) is 0 Å². The van der Waals surface area contributed by atoms with Gasteiger partial charge < -0.3 is 10.2 Å². The van der Waals surface area contributed by atoms with Crippen LogP contribution in [-0.4, -0.2) is 44.3 Å². The highest BCUT2D eigenvalue weighted by Crippen LogP contribution is 2.30. The van der Waals surface area contributed by atoms with Gasteiger partial charge in [0.25, 0.3) is 10.0 Å². The molecule has 0 saturated heterocycles. The van der Waals surface area contributed by atoms with Gasteiger partial charge in [0.05, 0.1) is 20.6 Å². The van der Waals surface area contributed by atoms with Gasteiger partial charge in [-0.1, -0.05) is 71.9 Å². The van der Waals surface area contributed by atoms with E-state index >= 15 is 0 Å². The Morgan fingerprint density at radius 3 is 2.22 bits per heavy atom. The number of hydrogen-bond donors (Lipinski definition) is 1. The molecule has 0 saturated carbocycles. The highest BCUT2D eigenvalue weighted by Gasteiger charge is 2.33. The number of nitrogens with one attached hydrogen (secondary N) is 1. The Balaban J connectivity index is 2.05. The molecule has 0 aliphatic rings. The first kappa shape index (κ1) is 32.7. The first-order valence-electron chi connectivity index (χ1n) is 13.2. The second-order valence-corrected chi connectivity index (χ2v) is 13.0. The molecule has 1 atom stereocenters. The van der Waals surface area contributed by atoms with Gasteiger partial charge in [-0.25, -0.2) is 8.42 Å². The van der Waals surface area contributed by atoms with Crippen molar-refractivity contribution in [3.8, 4) is 0 Å². The number of carbonyl (C=O) groups is 2. The van der Waals surface area contributed by atoms with Crippen molar-refractivity contribution in [3.63, 3.8) is 0 Å². The molecule has 3 rings (SSSR count). The standard InChI is InChI=1S/C30H34Cl3N3O4S/c1-5-6-15-34-30(38)22(4)35(18-23-9-13-26(32)27(33)17-23)29(37)19-36(28-14-10-24(31)16-21(28)3)41(39,40)25-11-7-20(2)8-12-25/h7-14,16-17,22H,5-6,15,18-19H2,1-4H3,(H,34,38)/t22-/m1/s1. The lowest BCUT2D eigenvalue weighted by Gasteiger charge is -2.32. The van der Waals surface area contributed by atoms with E-state index < -0.39 is 28.5 Å². The summed E-state index contributed by atoms with van der Waals surface area (Å²) < 4.78 is 29.0. The number of hydrogen-bond acceptors (Lipinski definition) is 4. The molecule has 3 aromatic rings. The van der Waals surface area contributed by atoms with Crippen LogP contribution in [0.5, 0.6) is 0 Å². The summed E-state index contributed by atoms with van der Waals surface area (Å²) in [6.45, 7) is 7.13. The summed E-state index contributed by atoms with van der Waals surface area (Å²) in [4.78, 5) is 28.5. The van der Waals surface area contributed by atoms with Crippen LogP contribution >= 0.6 is 34.8 Å². The minimum Gasteiger partial charge on any atom is -0.354 e. The molecule has 0 bridgehead atoms. The summed E-state index contributed by atoms with van der Waals surface area (Å²) in [5, 5.41) is 3.95. The van der Waals surface area contributed by atoms with Crippen LogP contribution in [0.3, 0.4) is 0 Å². The molecule has 7 nitrogen and oxygen atoms in total. The number of benzene rings is 3. The lowest BCUT2D eigenvalue weighted by Crippen LogP contribution is -2.51. The monoisotopic (exact) mass is 637 g/mol. The van der Waals surface area contributed by atoms with Crippen molar-refractivity contribution in [2.45, 2.75) is 58.0 Å². The Morgan fingerprint density at radius 2 is 1.61 bits per heavy atom. The number of carbonyl (C=O) groups excluding carboxylic acids is 2. The number of amides is 2. The highest BCUT2D eigenvalue weighted by atomic mass is 35.5. The Labute approximate surface area is 257 Å². The molecular weight excluding hydrogens is 605 g/mol. The van der Waals surface area contributed by atoms with Crippen molar-refractivity contribution in [1.82, 2.24) is 10.2 Å². The zero-order chi connectivity index (χ0) is 30.3. The molecule has 11 heteroatoms. The van der Waals surface area contributed by atoms with Crippen molar-refractivity contribution < 1.29 is 18.0 Å². The van der Waals surface area contributed by atoms with E-state index in [1.165, 1.54) is 17.0 Å². The van der Waals surface area contributed by atoms with Crippen molar-refractivity contribution in [1.29, 1.82) is 0 Å². The first-order chi connectivity index (χ1) is 19.3. The number of nitrogens with zero attached hydrogens (tertiary/aromatic N) is 2. The fraction of sp³-hybridized carbons (Fsp3) is 0.333. The highest BCUT2D eigenvalue weighted by molar-refractivity contribution is 7.92. The predicted molar refractivity (Wildman–Crippen MR) is 166 cm³/mol. The molecule has 1 N–H and O–H groups in total. The van der Waals surface area contributed by atoms with Gasteiger partial charge in [0.1, 0.15) is 12.6 Å². The van der Waals surface area contributed by atoms with E-state index in [2.05, 4.69) is 5.32 Å². The summed E-state index contributed by atoms with van der Waals surface area (Å²) in [5.74, 6) is -0.915. The van der Waals surface area contributed by atoms with Crippen molar-refractivity contribution in [2.24, 2.45) is 0 Å². The van der Waals surface area contributed by atoms with E-state index in [1.54, 1.807) is 62.4 Å². The quantitative estimate of drug-likeness (QED) is 0.221. The van der Waals surface area contributed by atoms with E-state index in [-0.39, 0.29) is 17.3 Å². The summed E-state index contributed by atoms with van der Waals surface area (Å²) in [6.07, 6.45) is 1.68. The summed E-state index contributed by atoms with van der Waals surface area (Å²) in [5.41, 5.74) is 2.40. The number of sulfonamides is 1. The Kier molecular flexibility index (Phi) is 11.5. The molecule has 3 aromatic carbocycles. The van der Waals surface area contributed by atoms with Crippen LogP contribution < -0.4 is 9.62 Å². The van der Waals surface area contributed by atoms with Gasteiger partial charge >= 0.3 is 0 Å². The van der Waals surface area contributed by atoms with Crippen LogP contribution in [0.4, 0.5) is 5.69 Å². The summed E-state index contributed by atoms with van der Waals surface area (Å²) >= 11 is 18.5. The molecule has 0 spiro atoms. The van der Waals surface area contributed by atoms with Gasteiger partial charge in [-0.3, -0.25) is 13.9 Å². The van der Waals surface area contributed by atoms with Gasteiger partial charge in [-0.15, -0.1) is 0 Å². The fourth-order valence-electron chi connectivity index (χ4n) is 4.20. The van der Waals surface area contributed by atoms with E-state index in [4.69, 9.17) is 34.8 Å². The van der Waals surface area contributed by atoms with Crippen LogP contribution in [0.25, 0.3) is 0 Å². The Morgan fingerprint density at radius 1 is 0.927 bits per heavy atom. The van der Waals surface area contributed by atoms with Crippen molar-refractivity contribution in [2.75, 3.05) is 17.4 Å². The molecule has 0 aliphatic heterocycles. The minimum atomic E-state index is -4.18. The van der Waals surface area contributed by atoms with E-state index in [0.717, 1.165) is 22.7 Å². The minimum absolute atomic E-state index is 0.0100. The number of aryl methyl sites for hydroxylation is 2. The SMILES string of the molecule is CCCCNC(=O)[C@@H](C)N(Cc1ccc(Cl)c(Cl)c1)C(=O)CN(c1ccc(Cl)cc1C)S(=O)(=O)c1ccc(C)cc1. The van der Waals surface area contributed by atoms with Crippen LogP contribution in [0.15, 0.2) is 65.6 Å². The molecule has 41 heavy (non-hydrogen) atoms. The van der Waals surface area contributed by atoms with Gasteiger partial charge in [0, 0.05) is 18.1 Å². The molecule has 2 amide bonds. The lowest BCUT2D eigenvalue weighted by molar-refractivity contribution is -0.139. The van der Waals surface area contributed by atoms with Crippen molar-refractivity contribution in [3.05, 3.63) is 92.4 Å². The maximum Gasteiger partial charge on any atom is 0.264 e. The molecule has 0 aliphatic carbocycles. The number of unbranched alkanes of at least 4 members (excludes halogenated alkanes) is 1. The van der Waals surface area contributed by atoms with Gasteiger partial charge in [-0.05, 0) is 80.8 Å². The zero-order valence-corrected chi connectivity index (χ0v) is 26.5. The Hall–Kier alpha value is -2.78. The number of anilines is 1. The molecule has 0 heterocycles. The van der Waals surface area contributed by atoms with Crippen molar-refractivity contribution >= 4 is 62.3 Å². The van der Waals surface area contributed by atoms with Crippen LogP contribution in [0.1, 0.15) is 43.4 Å². The zero-order valence-electron chi connectivity index (χ0n) is 23.5. The average molecular weight is 639 g/mol. The van der Waals surface area contributed by atoms with Crippen LogP contribution in [0.2, 0.25) is 15.1 Å². The third-order valence-electron chi connectivity index (χ3n) is 6.65. The maximum absolute atomic E-state index is 14.0. The molecule has 0 radical (unpaired) electrons. The van der Waals surface area contributed by atoms with Gasteiger partial charge in [0.2, 0.25) is 11.8 Å². The molecular formula is C30H34Cl3N3O4S. The second kappa shape index (κ2) is 14.4. The summed E-state index contributed by atoms with van der Waals surface area (Å²) in [6, 6.07) is 15.2. The third kappa shape index (κ3) is 8.38.